The number of carbonyl (C=O) groups excluding carboxylic acids is 2. The van der Waals surface area contributed by atoms with Gasteiger partial charge in [0.1, 0.15) is 18.5 Å². The van der Waals surface area contributed by atoms with Gasteiger partial charge in [-0.25, -0.2) is 0 Å². The van der Waals surface area contributed by atoms with E-state index in [0.717, 1.165) is 5.57 Å². The number of aliphatic hydroxyl groups excluding tert-OH is 2. The summed E-state index contributed by atoms with van der Waals surface area (Å²) in [6, 6.07) is 0. The maximum absolute atomic E-state index is 12.1. The third-order valence-corrected chi connectivity index (χ3v) is 5.73. The SMILES string of the molecule is C=C/C(C)=C/C1(C)SC(=O)C(C)=C1OC/C=C\CNC(=O)C(O)C(C)(C)CO. The largest absolute Gasteiger partial charge is 0.492 e. The summed E-state index contributed by atoms with van der Waals surface area (Å²) < 4.78 is 5.28. The zero-order valence-electron chi connectivity index (χ0n) is 17.2. The average molecular weight is 410 g/mol. The first-order chi connectivity index (χ1) is 13.0. The van der Waals surface area contributed by atoms with E-state index in [1.54, 1.807) is 39.0 Å². The molecule has 156 valence electrons. The molecule has 3 N–H and O–H groups in total. The first-order valence-electron chi connectivity index (χ1n) is 9.09. The van der Waals surface area contributed by atoms with Gasteiger partial charge < -0.3 is 20.3 Å². The van der Waals surface area contributed by atoms with Crippen LogP contribution in [0.3, 0.4) is 0 Å². The lowest BCUT2D eigenvalue weighted by molar-refractivity contribution is -0.136. The van der Waals surface area contributed by atoms with Gasteiger partial charge in [0.25, 0.3) is 0 Å². The molecule has 6 nitrogen and oxygen atoms in total. The highest BCUT2D eigenvalue weighted by atomic mass is 32.2. The molecule has 0 aliphatic carbocycles. The van der Waals surface area contributed by atoms with Crippen molar-refractivity contribution in [3.63, 3.8) is 0 Å². The number of hydrogen-bond acceptors (Lipinski definition) is 6. The van der Waals surface area contributed by atoms with E-state index >= 15 is 0 Å². The standard InChI is InChI=1S/C21H31NO5S/c1-7-14(2)12-21(6)17(15(3)19(26)28-21)27-11-9-8-10-22-18(25)16(24)20(4,5)13-23/h7-9,12,16,23-24H,1,10-11,13H2,2-6H3,(H,22,25)/b9-8-,14-12+. The van der Waals surface area contributed by atoms with Crippen LogP contribution in [-0.2, 0) is 14.3 Å². The molecular weight excluding hydrogens is 378 g/mol. The summed E-state index contributed by atoms with van der Waals surface area (Å²) >= 11 is 1.22. The fourth-order valence-electron chi connectivity index (χ4n) is 2.60. The second-order valence-electron chi connectivity index (χ2n) is 7.62. The second-order valence-corrected chi connectivity index (χ2v) is 9.04. The monoisotopic (exact) mass is 409 g/mol. The molecule has 0 aromatic carbocycles. The summed E-state index contributed by atoms with van der Waals surface area (Å²) in [7, 11) is 0. The van der Waals surface area contributed by atoms with E-state index in [-0.39, 0.29) is 24.9 Å². The van der Waals surface area contributed by atoms with Crippen molar-refractivity contribution in [3.05, 3.63) is 47.8 Å². The fraction of sp³-hybridized carbons (Fsp3) is 0.524. The van der Waals surface area contributed by atoms with Gasteiger partial charge in [-0.1, -0.05) is 56.0 Å². The lowest BCUT2D eigenvalue weighted by Gasteiger charge is -2.26. The Labute approximate surface area is 171 Å². The van der Waals surface area contributed by atoms with Crippen LogP contribution < -0.4 is 5.32 Å². The molecule has 0 spiro atoms. The predicted molar refractivity (Wildman–Crippen MR) is 113 cm³/mol. The number of aliphatic hydroxyl groups is 2. The Morgan fingerprint density at radius 2 is 2.07 bits per heavy atom. The Morgan fingerprint density at radius 3 is 2.64 bits per heavy atom. The molecule has 2 atom stereocenters. The van der Waals surface area contributed by atoms with Gasteiger partial charge >= 0.3 is 0 Å². The van der Waals surface area contributed by atoms with Gasteiger partial charge in [-0.3, -0.25) is 9.59 Å². The predicted octanol–water partition coefficient (Wildman–Crippen LogP) is 2.49. The molecule has 0 radical (unpaired) electrons. The van der Waals surface area contributed by atoms with Gasteiger partial charge in [-0.2, -0.15) is 0 Å². The van der Waals surface area contributed by atoms with Crippen molar-refractivity contribution in [1.29, 1.82) is 0 Å². The molecule has 0 aromatic rings. The third-order valence-electron chi connectivity index (χ3n) is 4.51. The summed E-state index contributed by atoms with van der Waals surface area (Å²) in [5.41, 5.74) is 0.646. The lowest BCUT2D eigenvalue weighted by atomic mass is 9.87. The zero-order chi connectivity index (χ0) is 21.5. The van der Waals surface area contributed by atoms with Crippen molar-refractivity contribution in [2.75, 3.05) is 19.8 Å². The topological polar surface area (TPSA) is 95.9 Å². The molecule has 28 heavy (non-hydrogen) atoms. The lowest BCUT2D eigenvalue weighted by Crippen LogP contribution is -2.45. The minimum atomic E-state index is -1.29. The Kier molecular flexibility index (Phi) is 8.73. The Morgan fingerprint density at radius 1 is 1.43 bits per heavy atom. The minimum Gasteiger partial charge on any atom is -0.492 e. The molecule has 2 unspecified atom stereocenters. The van der Waals surface area contributed by atoms with Gasteiger partial charge in [0.15, 0.2) is 0 Å². The highest BCUT2D eigenvalue weighted by molar-refractivity contribution is 8.16. The summed E-state index contributed by atoms with van der Waals surface area (Å²) in [6.45, 7) is 12.7. The molecule has 1 aliphatic rings. The molecule has 1 amide bonds. The van der Waals surface area contributed by atoms with E-state index < -0.39 is 22.2 Å². The van der Waals surface area contributed by atoms with Crippen LogP contribution in [-0.4, -0.2) is 51.8 Å². The highest BCUT2D eigenvalue weighted by Crippen LogP contribution is 2.45. The van der Waals surface area contributed by atoms with Crippen LogP contribution in [0.5, 0.6) is 0 Å². The molecule has 0 aromatic heterocycles. The van der Waals surface area contributed by atoms with Gasteiger partial charge in [-0.05, 0) is 26.8 Å². The Bertz CT molecular complexity index is 708. The maximum atomic E-state index is 12.1. The van der Waals surface area contributed by atoms with Crippen LogP contribution in [0.4, 0.5) is 0 Å². The summed E-state index contributed by atoms with van der Waals surface area (Å²) in [6.07, 6.45) is 5.84. The molecule has 1 aliphatic heterocycles. The van der Waals surface area contributed by atoms with Crippen molar-refractivity contribution >= 4 is 22.8 Å². The summed E-state index contributed by atoms with van der Waals surface area (Å²) in [5.74, 6) is 0.0797. The number of ether oxygens (including phenoxy) is 1. The van der Waals surface area contributed by atoms with Crippen molar-refractivity contribution in [2.45, 2.75) is 45.5 Å². The van der Waals surface area contributed by atoms with Gasteiger partial charge in [0.2, 0.25) is 11.0 Å². The van der Waals surface area contributed by atoms with E-state index in [9.17, 15) is 19.8 Å². The number of rotatable bonds is 10. The number of nitrogens with one attached hydrogen (secondary N) is 1. The van der Waals surface area contributed by atoms with Crippen molar-refractivity contribution in [2.24, 2.45) is 5.41 Å². The van der Waals surface area contributed by atoms with Crippen LogP contribution in [0.15, 0.2) is 47.8 Å². The van der Waals surface area contributed by atoms with Crippen LogP contribution >= 0.6 is 11.8 Å². The number of amides is 1. The third kappa shape index (κ3) is 6.09. The number of allylic oxidation sites excluding steroid dienone is 2. The molecule has 0 saturated carbocycles. The van der Waals surface area contributed by atoms with Crippen LogP contribution in [0.2, 0.25) is 0 Å². The van der Waals surface area contributed by atoms with E-state index in [0.29, 0.717) is 11.3 Å². The minimum absolute atomic E-state index is 0.0117. The summed E-state index contributed by atoms with van der Waals surface area (Å²) in [5, 5.41) is 21.7. The molecule has 1 rings (SSSR count). The molecule has 0 fully saturated rings. The summed E-state index contributed by atoms with van der Waals surface area (Å²) in [4.78, 5) is 24.0. The normalized spacial score (nSPS) is 22.0. The highest BCUT2D eigenvalue weighted by Gasteiger charge is 2.41. The average Bonchev–Trinajstić information content (AvgIpc) is 2.85. The van der Waals surface area contributed by atoms with Crippen molar-refractivity contribution in [3.8, 4) is 0 Å². The maximum Gasteiger partial charge on any atom is 0.249 e. The Balaban J connectivity index is 2.61. The van der Waals surface area contributed by atoms with Crippen LogP contribution in [0.25, 0.3) is 0 Å². The smallest absolute Gasteiger partial charge is 0.249 e. The van der Waals surface area contributed by atoms with Crippen molar-refractivity contribution in [1.82, 2.24) is 5.32 Å². The Hall–Kier alpha value is -1.83. The second kappa shape index (κ2) is 10.1. The molecule has 0 bridgehead atoms. The van der Waals surface area contributed by atoms with E-state index in [1.807, 2.05) is 19.9 Å². The van der Waals surface area contributed by atoms with E-state index in [2.05, 4.69) is 11.9 Å². The van der Waals surface area contributed by atoms with Gasteiger partial charge in [-0.15, -0.1) is 0 Å². The van der Waals surface area contributed by atoms with E-state index in [4.69, 9.17) is 4.74 Å². The molecular formula is C21H31NO5S. The first kappa shape index (κ1) is 24.2. The van der Waals surface area contributed by atoms with Crippen LogP contribution in [0, 0.1) is 5.41 Å². The molecule has 1 heterocycles. The number of thioether (sulfide) groups is 1. The van der Waals surface area contributed by atoms with Crippen LogP contribution in [0.1, 0.15) is 34.6 Å². The molecule has 7 heteroatoms. The first-order valence-corrected chi connectivity index (χ1v) is 9.91. The van der Waals surface area contributed by atoms with Gasteiger partial charge in [0.05, 0.1) is 11.4 Å². The van der Waals surface area contributed by atoms with Gasteiger partial charge in [0, 0.05) is 17.5 Å². The molecule has 0 saturated heterocycles. The van der Waals surface area contributed by atoms with Crippen molar-refractivity contribution < 1.29 is 24.5 Å². The zero-order valence-corrected chi connectivity index (χ0v) is 18.1. The van der Waals surface area contributed by atoms with E-state index in [1.165, 1.54) is 11.8 Å². The quantitative estimate of drug-likeness (QED) is 0.379. The fourth-order valence-corrected chi connectivity index (χ4v) is 3.78. The number of hydrogen-bond donors (Lipinski definition) is 3. The number of carbonyl (C=O) groups is 2.